The highest BCUT2D eigenvalue weighted by Gasteiger charge is 2.36. The number of nitrogens with one attached hydrogen (secondary N) is 2. The van der Waals surface area contributed by atoms with Crippen molar-refractivity contribution < 1.29 is 14.7 Å². The first-order chi connectivity index (χ1) is 10.0. The zero-order valence-corrected chi connectivity index (χ0v) is 12.4. The molecular weight excluding hydrogens is 270 g/mol. The Labute approximate surface area is 124 Å². The van der Waals surface area contributed by atoms with E-state index in [1.54, 1.807) is 12.4 Å². The van der Waals surface area contributed by atoms with Gasteiger partial charge in [-0.2, -0.15) is 5.10 Å². The van der Waals surface area contributed by atoms with E-state index in [0.29, 0.717) is 6.42 Å². The molecule has 0 bridgehead atoms. The van der Waals surface area contributed by atoms with E-state index in [4.69, 9.17) is 5.11 Å². The number of carboxylic acid groups (broad SMARTS) is 1. The number of carbonyl (C=O) groups excluding carboxylic acids is 1. The molecular formula is C15H23N3O3. The van der Waals surface area contributed by atoms with E-state index in [0.717, 1.165) is 37.7 Å². The topological polar surface area (TPSA) is 95.1 Å². The molecule has 1 heterocycles. The number of carboxylic acids is 1. The molecule has 0 aromatic carbocycles. The number of aliphatic carboxylic acids is 1. The normalized spacial score (nSPS) is 18.9. The molecule has 6 nitrogen and oxygen atoms in total. The largest absolute Gasteiger partial charge is 0.481 e. The quantitative estimate of drug-likeness (QED) is 0.750. The summed E-state index contributed by atoms with van der Waals surface area (Å²) in [6.45, 7) is 1.90. The van der Waals surface area contributed by atoms with E-state index >= 15 is 0 Å². The number of hydrogen-bond acceptors (Lipinski definition) is 3. The molecule has 116 valence electrons. The molecule has 1 amide bonds. The van der Waals surface area contributed by atoms with E-state index in [2.05, 4.69) is 15.5 Å². The third-order valence-electron chi connectivity index (χ3n) is 4.37. The molecule has 2 rings (SSSR count). The lowest BCUT2D eigenvalue weighted by atomic mass is 9.69. The maximum absolute atomic E-state index is 12.3. The SMILES string of the molecule is CC(NC(=O)CC1(CC(=O)O)CCCCC1)c1cn[nH]c1. The number of hydrogen-bond donors (Lipinski definition) is 3. The Morgan fingerprint density at radius 1 is 1.38 bits per heavy atom. The highest BCUT2D eigenvalue weighted by molar-refractivity contribution is 5.78. The average Bonchev–Trinajstić information content (AvgIpc) is 2.92. The van der Waals surface area contributed by atoms with Crippen molar-refractivity contribution in [1.82, 2.24) is 15.5 Å². The Morgan fingerprint density at radius 2 is 2.10 bits per heavy atom. The number of rotatable bonds is 6. The van der Waals surface area contributed by atoms with Crippen LogP contribution in [0.2, 0.25) is 0 Å². The minimum Gasteiger partial charge on any atom is -0.481 e. The standard InChI is InChI=1S/C15H23N3O3/c1-11(12-9-16-17-10-12)18-13(19)7-15(8-14(20)21)5-3-2-4-6-15/h9-11H,2-8H2,1H3,(H,16,17)(H,18,19)(H,20,21). The van der Waals surface area contributed by atoms with Crippen molar-refractivity contribution in [1.29, 1.82) is 0 Å². The maximum Gasteiger partial charge on any atom is 0.303 e. The van der Waals surface area contributed by atoms with Gasteiger partial charge in [-0.05, 0) is 25.2 Å². The molecule has 1 aliphatic carbocycles. The molecule has 1 saturated carbocycles. The van der Waals surface area contributed by atoms with E-state index in [9.17, 15) is 9.59 Å². The Hall–Kier alpha value is -1.85. The van der Waals surface area contributed by atoms with Crippen LogP contribution < -0.4 is 5.32 Å². The van der Waals surface area contributed by atoms with Crippen LogP contribution in [0.1, 0.15) is 63.5 Å². The van der Waals surface area contributed by atoms with E-state index in [1.807, 2.05) is 6.92 Å². The third-order valence-corrected chi connectivity index (χ3v) is 4.37. The van der Waals surface area contributed by atoms with Gasteiger partial charge in [-0.3, -0.25) is 14.7 Å². The number of nitrogens with zero attached hydrogens (tertiary/aromatic N) is 1. The first-order valence-corrected chi connectivity index (χ1v) is 7.51. The Kier molecular flexibility index (Phi) is 4.98. The van der Waals surface area contributed by atoms with Crippen LogP contribution in [0.25, 0.3) is 0 Å². The van der Waals surface area contributed by atoms with Crippen molar-refractivity contribution in [3.63, 3.8) is 0 Å². The zero-order valence-electron chi connectivity index (χ0n) is 12.4. The van der Waals surface area contributed by atoms with Crippen LogP contribution >= 0.6 is 0 Å². The van der Waals surface area contributed by atoms with Gasteiger partial charge in [0.15, 0.2) is 0 Å². The van der Waals surface area contributed by atoms with Crippen molar-refractivity contribution in [3.05, 3.63) is 18.0 Å². The molecule has 1 unspecified atom stereocenters. The summed E-state index contributed by atoms with van der Waals surface area (Å²) in [4.78, 5) is 23.4. The maximum atomic E-state index is 12.3. The lowest BCUT2D eigenvalue weighted by Gasteiger charge is -2.35. The molecule has 1 atom stereocenters. The predicted octanol–water partition coefficient (Wildman–Crippen LogP) is 2.40. The molecule has 0 radical (unpaired) electrons. The van der Waals surface area contributed by atoms with Gasteiger partial charge >= 0.3 is 5.97 Å². The lowest BCUT2D eigenvalue weighted by Crippen LogP contribution is -2.36. The molecule has 6 heteroatoms. The first kappa shape index (κ1) is 15.5. The molecule has 21 heavy (non-hydrogen) atoms. The number of amides is 1. The smallest absolute Gasteiger partial charge is 0.303 e. The van der Waals surface area contributed by atoms with Crippen LogP contribution in [0.5, 0.6) is 0 Å². The van der Waals surface area contributed by atoms with Crippen LogP contribution in [0.3, 0.4) is 0 Å². The Morgan fingerprint density at radius 3 is 2.67 bits per heavy atom. The van der Waals surface area contributed by atoms with Gasteiger partial charge in [0, 0.05) is 18.2 Å². The van der Waals surface area contributed by atoms with Crippen LogP contribution in [-0.2, 0) is 9.59 Å². The fraction of sp³-hybridized carbons (Fsp3) is 0.667. The van der Waals surface area contributed by atoms with Crippen LogP contribution in [0.4, 0.5) is 0 Å². The summed E-state index contributed by atoms with van der Waals surface area (Å²) < 4.78 is 0. The molecule has 1 fully saturated rings. The van der Waals surface area contributed by atoms with Crippen LogP contribution in [0, 0.1) is 5.41 Å². The average molecular weight is 293 g/mol. The van der Waals surface area contributed by atoms with Gasteiger partial charge in [0.2, 0.25) is 5.91 Å². The molecule has 1 aliphatic rings. The second-order valence-corrected chi connectivity index (χ2v) is 6.13. The number of H-pyrrole nitrogens is 1. The van der Waals surface area contributed by atoms with E-state index in [-0.39, 0.29) is 23.8 Å². The van der Waals surface area contributed by atoms with E-state index < -0.39 is 5.97 Å². The summed E-state index contributed by atoms with van der Waals surface area (Å²) in [6.07, 6.45) is 8.61. The second-order valence-electron chi connectivity index (χ2n) is 6.13. The van der Waals surface area contributed by atoms with Gasteiger partial charge in [0.25, 0.3) is 0 Å². The minimum atomic E-state index is -0.812. The fourth-order valence-corrected chi connectivity index (χ4v) is 3.25. The Balaban J connectivity index is 1.96. The Bertz CT molecular complexity index is 478. The first-order valence-electron chi connectivity index (χ1n) is 7.51. The molecule has 0 spiro atoms. The lowest BCUT2D eigenvalue weighted by molar-refractivity contribution is -0.141. The molecule has 0 saturated heterocycles. The minimum absolute atomic E-state index is 0.0770. The fourth-order valence-electron chi connectivity index (χ4n) is 3.25. The molecule has 1 aromatic heterocycles. The van der Waals surface area contributed by atoms with Crippen molar-refractivity contribution in [2.75, 3.05) is 0 Å². The number of aromatic nitrogens is 2. The van der Waals surface area contributed by atoms with Gasteiger partial charge < -0.3 is 10.4 Å². The van der Waals surface area contributed by atoms with Gasteiger partial charge in [0.05, 0.1) is 18.7 Å². The van der Waals surface area contributed by atoms with E-state index in [1.165, 1.54) is 0 Å². The number of aromatic amines is 1. The zero-order chi connectivity index (χ0) is 15.3. The summed E-state index contributed by atoms with van der Waals surface area (Å²) in [6, 6.07) is -0.123. The second kappa shape index (κ2) is 6.74. The van der Waals surface area contributed by atoms with Crippen molar-refractivity contribution in [2.45, 2.75) is 57.9 Å². The summed E-state index contributed by atoms with van der Waals surface area (Å²) in [5.41, 5.74) is 0.545. The highest BCUT2D eigenvalue weighted by Crippen LogP contribution is 2.42. The summed E-state index contributed by atoms with van der Waals surface area (Å²) in [5.74, 6) is -0.889. The molecule has 1 aromatic rings. The third kappa shape index (κ3) is 4.31. The number of carbonyl (C=O) groups is 2. The van der Waals surface area contributed by atoms with Crippen molar-refractivity contribution >= 4 is 11.9 Å². The molecule has 3 N–H and O–H groups in total. The van der Waals surface area contributed by atoms with Gasteiger partial charge in [-0.15, -0.1) is 0 Å². The monoisotopic (exact) mass is 293 g/mol. The summed E-state index contributed by atoms with van der Waals surface area (Å²) in [7, 11) is 0. The van der Waals surface area contributed by atoms with Crippen LogP contribution in [-0.4, -0.2) is 27.2 Å². The van der Waals surface area contributed by atoms with Gasteiger partial charge in [-0.1, -0.05) is 19.3 Å². The van der Waals surface area contributed by atoms with Gasteiger partial charge in [0.1, 0.15) is 0 Å². The predicted molar refractivity (Wildman–Crippen MR) is 77.5 cm³/mol. The highest BCUT2D eigenvalue weighted by atomic mass is 16.4. The van der Waals surface area contributed by atoms with Crippen molar-refractivity contribution in [2.24, 2.45) is 5.41 Å². The summed E-state index contributed by atoms with van der Waals surface area (Å²) in [5, 5.41) is 18.7. The molecule has 0 aliphatic heterocycles. The summed E-state index contributed by atoms with van der Waals surface area (Å²) >= 11 is 0. The van der Waals surface area contributed by atoms with Gasteiger partial charge in [-0.25, -0.2) is 0 Å². The van der Waals surface area contributed by atoms with Crippen LogP contribution in [0.15, 0.2) is 12.4 Å². The van der Waals surface area contributed by atoms with Crippen molar-refractivity contribution in [3.8, 4) is 0 Å².